The zero-order valence-electron chi connectivity index (χ0n) is 5.44. The van der Waals surface area contributed by atoms with Crippen LogP contribution in [-0.4, -0.2) is 18.3 Å². The molecule has 3 atom stereocenters. The molecule has 0 amide bonds. The van der Waals surface area contributed by atoms with E-state index in [4.69, 9.17) is 0 Å². The van der Waals surface area contributed by atoms with E-state index in [1.54, 1.807) is 0 Å². The monoisotopic (exact) mass is 129 g/mol. The van der Waals surface area contributed by atoms with Crippen molar-refractivity contribution in [1.29, 1.82) is 0 Å². The summed E-state index contributed by atoms with van der Waals surface area (Å²) in [6.45, 7) is 0. The minimum atomic E-state index is -0.544. The minimum Gasteiger partial charge on any atom is -0.308 e. The van der Waals surface area contributed by atoms with Crippen molar-refractivity contribution in [2.75, 3.05) is 0 Å². The summed E-state index contributed by atoms with van der Waals surface area (Å²) in [6.07, 6.45) is 3.69. The van der Waals surface area contributed by atoms with Crippen LogP contribution < -0.4 is 5.32 Å². The topological polar surface area (TPSA) is 12.0 Å². The van der Waals surface area contributed by atoms with Crippen LogP contribution in [0.2, 0.25) is 0 Å². The molecule has 1 nitrogen and oxygen atoms in total. The first-order valence-corrected chi connectivity index (χ1v) is 3.76. The molecule has 0 spiro atoms. The van der Waals surface area contributed by atoms with Gasteiger partial charge in [0.25, 0.3) is 0 Å². The van der Waals surface area contributed by atoms with E-state index >= 15 is 0 Å². The van der Waals surface area contributed by atoms with Gasteiger partial charge >= 0.3 is 0 Å². The van der Waals surface area contributed by atoms with Gasteiger partial charge in [-0.15, -0.1) is 0 Å². The maximum Gasteiger partial charge on any atom is 0.117 e. The fourth-order valence-electron chi connectivity index (χ4n) is 1.96. The van der Waals surface area contributed by atoms with Crippen LogP contribution in [0.25, 0.3) is 0 Å². The number of alkyl halides is 1. The van der Waals surface area contributed by atoms with E-state index in [1.807, 2.05) is 0 Å². The first-order chi connectivity index (χ1) is 4.36. The number of halogens is 1. The minimum absolute atomic E-state index is 0.212. The molecule has 9 heavy (non-hydrogen) atoms. The molecule has 2 bridgehead atoms. The van der Waals surface area contributed by atoms with Crippen LogP contribution >= 0.6 is 0 Å². The van der Waals surface area contributed by atoms with Crippen molar-refractivity contribution in [2.45, 2.75) is 43.9 Å². The van der Waals surface area contributed by atoms with Gasteiger partial charge in [-0.1, -0.05) is 6.42 Å². The van der Waals surface area contributed by atoms with Crippen molar-refractivity contribution in [3.63, 3.8) is 0 Å². The fraction of sp³-hybridized carbons (Fsp3) is 1.00. The standard InChI is InChI=1S/C7H12FN/c8-6-4-5-2-1-3-7(6)9-5/h5-7,9H,1-4H2/t5-,6+,7+/m1/s1. The molecule has 2 fully saturated rings. The molecule has 2 rings (SSSR count). The predicted octanol–water partition coefficient (Wildman–Crippen LogP) is 1.24. The smallest absolute Gasteiger partial charge is 0.117 e. The van der Waals surface area contributed by atoms with Gasteiger partial charge < -0.3 is 5.32 Å². The van der Waals surface area contributed by atoms with E-state index in [-0.39, 0.29) is 6.04 Å². The summed E-state index contributed by atoms with van der Waals surface area (Å²) < 4.78 is 12.8. The fourth-order valence-corrected chi connectivity index (χ4v) is 1.96. The van der Waals surface area contributed by atoms with Crippen LogP contribution in [0.4, 0.5) is 4.39 Å². The Bertz CT molecular complexity index is 113. The number of piperidine rings is 1. The summed E-state index contributed by atoms with van der Waals surface area (Å²) in [6, 6.07) is 0.725. The Kier molecular flexibility index (Phi) is 1.22. The van der Waals surface area contributed by atoms with E-state index in [0.717, 1.165) is 12.8 Å². The highest BCUT2D eigenvalue weighted by molar-refractivity contribution is 4.94. The second kappa shape index (κ2) is 1.94. The summed E-state index contributed by atoms with van der Waals surface area (Å²) in [5.74, 6) is 0. The van der Waals surface area contributed by atoms with E-state index in [0.29, 0.717) is 6.04 Å². The second-order valence-corrected chi connectivity index (χ2v) is 3.15. The lowest BCUT2D eigenvalue weighted by Gasteiger charge is -2.19. The van der Waals surface area contributed by atoms with Gasteiger partial charge in [0.05, 0.1) is 0 Å². The van der Waals surface area contributed by atoms with Crippen LogP contribution in [-0.2, 0) is 0 Å². The van der Waals surface area contributed by atoms with Crippen molar-refractivity contribution >= 4 is 0 Å². The Labute approximate surface area is 54.6 Å². The highest BCUT2D eigenvalue weighted by Crippen LogP contribution is 2.28. The van der Waals surface area contributed by atoms with Crippen LogP contribution in [0.5, 0.6) is 0 Å². The largest absolute Gasteiger partial charge is 0.308 e. The van der Waals surface area contributed by atoms with Crippen molar-refractivity contribution in [1.82, 2.24) is 5.32 Å². The third-order valence-electron chi connectivity index (χ3n) is 2.46. The maximum atomic E-state index is 12.8. The Morgan fingerprint density at radius 3 is 2.89 bits per heavy atom. The Hall–Kier alpha value is -0.110. The Morgan fingerprint density at radius 1 is 1.33 bits per heavy atom. The highest BCUT2D eigenvalue weighted by atomic mass is 19.1. The average Bonchev–Trinajstić information content (AvgIpc) is 2.09. The summed E-state index contributed by atoms with van der Waals surface area (Å²) >= 11 is 0. The third-order valence-corrected chi connectivity index (χ3v) is 2.46. The van der Waals surface area contributed by atoms with Gasteiger partial charge in [-0.05, 0) is 19.3 Å². The Morgan fingerprint density at radius 2 is 2.22 bits per heavy atom. The molecule has 2 aliphatic rings. The summed E-state index contributed by atoms with van der Waals surface area (Å²) in [7, 11) is 0. The summed E-state index contributed by atoms with van der Waals surface area (Å²) in [4.78, 5) is 0. The van der Waals surface area contributed by atoms with E-state index in [2.05, 4.69) is 5.32 Å². The first-order valence-electron chi connectivity index (χ1n) is 3.76. The lowest BCUT2D eigenvalue weighted by atomic mass is 10.1. The molecule has 2 saturated heterocycles. The molecule has 0 radical (unpaired) electrons. The quantitative estimate of drug-likeness (QED) is 0.519. The number of nitrogens with one attached hydrogen (secondary N) is 1. The van der Waals surface area contributed by atoms with Crippen molar-refractivity contribution in [3.8, 4) is 0 Å². The molecule has 0 aliphatic carbocycles. The lowest BCUT2D eigenvalue weighted by molar-refractivity contribution is 0.288. The molecule has 2 heterocycles. The zero-order valence-corrected chi connectivity index (χ0v) is 5.44. The molecule has 1 N–H and O–H groups in total. The zero-order chi connectivity index (χ0) is 6.27. The number of rotatable bonds is 0. The molecule has 2 heteroatoms. The van der Waals surface area contributed by atoms with Crippen LogP contribution in [0.1, 0.15) is 25.7 Å². The molecule has 0 saturated carbocycles. The summed E-state index contributed by atoms with van der Waals surface area (Å²) in [5, 5.41) is 3.27. The molecule has 0 aromatic heterocycles. The molecular weight excluding hydrogens is 117 g/mol. The van der Waals surface area contributed by atoms with Gasteiger partial charge in [0.15, 0.2) is 0 Å². The Balaban J connectivity index is 2.07. The predicted molar refractivity (Wildman–Crippen MR) is 34.1 cm³/mol. The van der Waals surface area contributed by atoms with Crippen molar-refractivity contribution in [3.05, 3.63) is 0 Å². The number of fused-ring (bicyclic) bond motifs is 2. The normalized spacial score (nSPS) is 49.7. The average molecular weight is 129 g/mol. The molecular formula is C7H12FN. The van der Waals surface area contributed by atoms with E-state index in [1.165, 1.54) is 12.8 Å². The van der Waals surface area contributed by atoms with E-state index < -0.39 is 6.17 Å². The molecule has 0 aromatic carbocycles. The van der Waals surface area contributed by atoms with Gasteiger partial charge in [0.1, 0.15) is 6.17 Å². The van der Waals surface area contributed by atoms with Gasteiger partial charge in [0.2, 0.25) is 0 Å². The molecule has 0 aromatic rings. The van der Waals surface area contributed by atoms with E-state index in [9.17, 15) is 4.39 Å². The summed E-state index contributed by atoms with van der Waals surface area (Å²) in [5.41, 5.74) is 0. The maximum absolute atomic E-state index is 12.8. The number of hydrogen-bond donors (Lipinski definition) is 1. The molecule has 2 aliphatic heterocycles. The first kappa shape index (κ1) is 5.66. The van der Waals surface area contributed by atoms with Crippen LogP contribution in [0, 0.1) is 0 Å². The highest BCUT2D eigenvalue weighted by Gasteiger charge is 2.36. The lowest BCUT2D eigenvalue weighted by Crippen LogP contribution is -2.35. The molecule has 52 valence electrons. The second-order valence-electron chi connectivity index (χ2n) is 3.15. The van der Waals surface area contributed by atoms with Gasteiger partial charge in [-0.25, -0.2) is 4.39 Å². The van der Waals surface area contributed by atoms with Crippen molar-refractivity contribution < 1.29 is 4.39 Å². The van der Waals surface area contributed by atoms with Gasteiger partial charge in [-0.2, -0.15) is 0 Å². The van der Waals surface area contributed by atoms with Gasteiger partial charge in [-0.3, -0.25) is 0 Å². The van der Waals surface area contributed by atoms with Gasteiger partial charge in [0, 0.05) is 12.1 Å². The van der Waals surface area contributed by atoms with Crippen LogP contribution in [0.15, 0.2) is 0 Å². The SMILES string of the molecule is F[C@H]1C[C@H]2CCC[C@@H]1N2. The molecule has 0 unspecified atom stereocenters. The number of hydrogen-bond acceptors (Lipinski definition) is 1. The van der Waals surface area contributed by atoms with Crippen LogP contribution in [0.3, 0.4) is 0 Å². The third kappa shape index (κ3) is 0.855. The van der Waals surface area contributed by atoms with Crippen molar-refractivity contribution in [2.24, 2.45) is 0 Å².